The van der Waals surface area contributed by atoms with E-state index in [1.807, 2.05) is 0 Å². The van der Waals surface area contributed by atoms with Gasteiger partial charge in [0.15, 0.2) is 5.15 Å². The number of carbonyl (C=O) groups excluding carboxylic acids is 1. The molecule has 0 aliphatic rings. The average molecular weight is 362 g/mol. The summed E-state index contributed by atoms with van der Waals surface area (Å²) in [5, 5.41) is 10.2. The van der Waals surface area contributed by atoms with E-state index in [2.05, 4.69) is 15.5 Å². The third-order valence-electron chi connectivity index (χ3n) is 2.52. The Labute approximate surface area is 141 Å². The highest BCUT2D eigenvalue weighted by Gasteiger charge is 2.14. The second kappa shape index (κ2) is 7.00. The molecule has 2 amide bonds. The zero-order chi connectivity index (χ0) is 16.3. The van der Waals surface area contributed by atoms with Crippen molar-refractivity contribution in [2.24, 2.45) is 0 Å². The van der Waals surface area contributed by atoms with Gasteiger partial charge in [0.05, 0.1) is 0 Å². The largest absolute Gasteiger partial charge is 0.436 e. The molecule has 0 bridgehead atoms. The molecule has 0 saturated heterocycles. The second-order valence-corrected chi connectivity index (χ2v) is 5.49. The van der Waals surface area contributed by atoms with Crippen molar-refractivity contribution in [3.8, 4) is 11.6 Å². The number of nitrogens with zero attached hydrogens (tertiary/aromatic N) is 3. The van der Waals surface area contributed by atoms with Gasteiger partial charge in [0.1, 0.15) is 15.8 Å². The standard InChI is InChI=1S/C13H11Cl3N4O2/c1-20(2)13(21)17-7-3-5-8(6-4-7)22-12-10(15)9(14)11(16)18-19-12/h3-6H,1-2H3,(H,17,21). The number of aromatic nitrogens is 2. The van der Waals surface area contributed by atoms with Crippen LogP contribution in [0.1, 0.15) is 0 Å². The molecule has 0 radical (unpaired) electrons. The molecular formula is C13H11Cl3N4O2. The molecule has 0 aliphatic carbocycles. The van der Waals surface area contributed by atoms with Gasteiger partial charge in [-0.1, -0.05) is 34.8 Å². The maximum Gasteiger partial charge on any atom is 0.321 e. The van der Waals surface area contributed by atoms with Crippen molar-refractivity contribution in [2.45, 2.75) is 0 Å². The Morgan fingerprint density at radius 3 is 2.32 bits per heavy atom. The van der Waals surface area contributed by atoms with E-state index in [9.17, 15) is 4.79 Å². The number of hydrogen-bond acceptors (Lipinski definition) is 4. The van der Waals surface area contributed by atoms with Gasteiger partial charge in [0, 0.05) is 19.8 Å². The molecule has 1 N–H and O–H groups in total. The molecule has 116 valence electrons. The summed E-state index contributed by atoms with van der Waals surface area (Å²) in [6.07, 6.45) is 0. The van der Waals surface area contributed by atoms with Crippen molar-refractivity contribution in [2.75, 3.05) is 19.4 Å². The SMILES string of the molecule is CN(C)C(=O)Nc1ccc(Oc2nnc(Cl)c(Cl)c2Cl)cc1. The van der Waals surface area contributed by atoms with Crippen LogP contribution in [-0.2, 0) is 0 Å². The third-order valence-corrected chi connectivity index (χ3v) is 3.69. The number of rotatable bonds is 3. The Hall–Kier alpha value is -1.76. The van der Waals surface area contributed by atoms with Gasteiger partial charge in [-0.2, -0.15) is 0 Å². The lowest BCUT2D eigenvalue weighted by molar-refractivity contribution is 0.230. The molecule has 22 heavy (non-hydrogen) atoms. The van der Waals surface area contributed by atoms with Gasteiger partial charge >= 0.3 is 6.03 Å². The summed E-state index contributed by atoms with van der Waals surface area (Å²) >= 11 is 17.5. The van der Waals surface area contributed by atoms with Gasteiger partial charge in [0.2, 0.25) is 0 Å². The molecule has 0 aliphatic heterocycles. The summed E-state index contributed by atoms with van der Waals surface area (Å²) < 4.78 is 5.48. The van der Waals surface area contributed by atoms with Crippen LogP contribution in [0.5, 0.6) is 11.6 Å². The van der Waals surface area contributed by atoms with E-state index in [1.54, 1.807) is 38.4 Å². The first-order valence-electron chi connectivity index (χ1n) is 6.02. The Morgan fingerprint density at radius 1 is 1.09 bits per heavy atom. The summed E-state index contributed by atoms with van der Waals surface area (Å²) in [5.74, 6) is 0.499. The lowest BCUT2D eigenvalue weighted by Crippen LogP contribution is -2.27. The van der Waals surface area contributed by atoms with Crippen LogP contribution in [0.2, 0.25) is 15.2 Å². The lowest BCUT2D eigenvalue weighted by atomic mass is 10.3. The molecule has 2 aromatic rings. The summed E-state index contributed by atoms with van der Waals surface area (Å²) in [6.45, 7) is 0. The Morgan fingerprint density at radius 2 is 1.73 bits per heavy atom. The summed E-state index contributed by atoms with van der Waals surface area (Å²) in [6, 6.07) is 6.41. The van der Waals surface area contributed by atoms with Crippen LogP contribution in [0.25, 0.3) is 0 Å². The molecular weight excluding hydrogens is 351 g/mol. The second-order valence-electron chi connectivity index (χ2n) is 4.37. The fourth-order valence-electron chi connectivity index (χ4n) is 1.38. The zero-order valence-corrected chi connectivity index (χ0v) is 13.9. The van der Waals surface area contributed by atoms with E-state index in [-0.39, 0.29) is 27.1 Å². The van der Waals surface area contributed by atoms with Crippen LogP contribution in [0.15, 0.2) is 24.3 Å². The predicted octanol–water partition coefficient (Wildman–Crippen LogP) is 4.32. The Bertz CT molecular complexity index is 692. The maximum absolute atomic E-state index is 11.5. The van der Waals surface area contributed by atoms with Gasteiger partial charge in [-0.15, -0.1) is 10.2 Å². The Balaban J connectivity index is 2.12. The van der Waals surface area contributed by atoms with Crippen LogP contribution < -0.4 is 10.1 Å². The van der Waals surface area contributed by atoms with E-state index in [0.29, 0.717) is 11.4 Å². The number of carbonyl (C=O) groups is 1. The van der Waals surface area contributed by atoms with Gasteiger partial charge in [-0.3, -0.25) is 0 Å². The van der Waals surface area contributed by atoms with Crippen LogP contribution in [-0.4, -0.2) is 35.2 Å². The molecule has 2 rings (SSSR count). The smallest absolute Gasteiger partial charge is 0.321 e. The first kappa shape index (κ1) is 16.6. The first-order valence-corrected chi connectivity index (χ1v) is 7.15. The van der Waals surface area contributed by atoms with Crippen LogP contribution in [0.3, 0.4) is 0 Å². The minimum Gasteiger partial charge on any atom is -0.436 e. The molecule has 0 spiro atoms. The molecule has 1 aromatic carbocycles. The number of amides is 2. The number of halogens is 3. The summed E-state index contributed by atoms with van der Waals surface area (Å²) in [7, 11) is 3.30. The number of anilines is 1. The van der Waals surface area contributed by atoms with Crippen molar-refractivity contribution in [1.29, 1.82) is 0 Å². The average Bonchev–Trinajstić information content (AvgIpc) is 2.49. The Kier molecular flexibility index (Phi) is 5.28. The van der Waals surface area contributed by atoms with Crippen molar-refractivity contribution in [3.63, 3.8) is 0 Å². The van der Waals surface area contributed by atoms with Crippen molar-refractivity contribution in [1.82, 2.24) is 15.1 Å². The minimum atomic E-state index is -0.230. The van der Waals surface area contributed by atoms with Gasteiger partial charge in [-0.05, 0) is 24.3 Å². The van der Waals surface area contributed by atoms with Crippen molar-refractivity contribution in [3.05, 3.63) is 39.5 Å². The number of benzene rings is 1. The normalized spacial score (nSPS) is 10.2. The highest BCUT2D eigenvalue weighted by Crippen LogP contribution is 2.35. The van der Waals surface area contributed by atoms with E-state index >= 15 is 0 Å². The molecule has 0 unspecified atom stereocenters. The van der Waals surface area contributed by atoms with Crippen molar-refractivity contribution >= 4 is 46.5 Å². The van der Waals surface area contributed by atoms with E-state index in [0.717, 1.165) is 0 Å². The molecule has 6 nitrogen and oxygen atoms in total. The maximum atomic E-state index is 11.5. The summed E-state index contributed by atoms with van der Waals surface area (Å²) in [4.78, 5) is 12.9. The molecule has 0 fully saturated rings. The van der Waals surface area contributed by atoms with E-state index in [1.165, 1.54) is 4.90 Å². The number of urea groups is 1. The number of nitrogens with one attached hydrogen (secondary N) is 1. The van der Waals surface area contributed by atoms with Crippen LogP contribution in [0, 0.1) is 0 Å². The van der Waals surface area contributed by atoms with Gasteiger partial charge < -0.3 is 15.0 Å². The van der Waals surface area contributed by atoms with E-state index < -0.39 is 0 Å². The molecule has 0 atom stereocenters. The van der Waals surface area contributed by atoms with Gasteiger partial charge in [-0.25, -0.2) is 4.79 Å². The quantitative estimate of drug-likeness (QED) is 0.884. The fourth-order valence-corrected chi connectivity index (χ4v) is 1.85. The monoisotopic (exact) mass is 360 g/mol. The summed E-state index contributed by atoms with van der Waals surface area (Å²) in [5.41, 5.74) is 0.623. The highest BCUT2D eigenvalue weighted by atomic mass is 35.5. The first-order chi connectivity index (χ1) is 10.4. The van der Waals surface area contributed by atoms with Crippen LogP contribution >= 0.6 is 34.8 Å². The molecule has 1 aromatic heterocycles. The van der Waals surface area contributed by atoms with E-state index in [4.69, 9.17) is 39.5 Å². The van der Waals surface area contributed by atoms with Crippen LogP contribution in [0.4, 0.5) is 10.5 Å². The van der Waals surface area contributed by atoms with Crippen molar-refractivity contribution < 1.29 is 9.53 Å². The number of ether oxygens (including phenoxy) is 1. The predicted molar refractivity (Wildman–Crippen MR) is 86.3 cm³/mol. The fraction of sp³-hybridized carbons (Fsp3) is 0.154. The number of hydrogen-bond donors (Lipinski definition) is 1. The molecule has 9 heteroatoms. The highest BCUT2D eigenvalue weighted by molar-refractivity contribution is 6.47. The lowest BCUT2D eigenvalue weighted by Gasteiger charge is -2.12. The molecule has 0 saturated carbocycles. The molecule has 1 heterocycles. The minimum absolute atomic E-state index is 0.000706. The topological polar surface area (TPSA) is 67.4 Å². The zero-order valence-electron chi connectivity index (χ0n) is 11.6. The third kappa shape index (κ3) is 3.91. The van der Waals surface area contributed by atoms with Gasteiger partial charge in [0.25, 0.3) is 5.88 Å².